The van der Waals surface area contributed by atoms with Gasteiger partial charge >= 0.3 is 0 Å². The van der Waals surface area contributed by atoms with Crippen LogP contribution in [0.1, 0.15) is 38.5 Å². The molecule has 2 atom stereocenters. The third-order valence-corrected chi connectivity index (χ3v) is 7.26. The van der Waals surface area contributed by atoms with Crippen LogP contribution in [0.2, 0.25) is 0 Å². The highest BCUT2D eigenvalue weighted by Crippen LogP contribution is 2.35. The molecule has 1 aliphatic heterocycles. The minimum absolute atomic E-state index is 0.00149. The van der Waals surface area contributed by atoms with Crippen LogP contribution in [-0.2, 0) is 14.8 Å². The van der Waals surface area contributed by atoms with Crippen LogP contribution < -0.4 is 0 Å². The summed E-state index contributed by atoms with van der Waals surface area (Å²) in [6.45, 7) is 0.535. The van der Waals surface area contributed by atoms with Gasteiger partial charge in [-0.05, 0) is 55.9 Å². The molecule has 0 N–H and O–H groups in total. The van der Waals surface area contributed by atoms with Gasteiger partial charge in [-0.3, -0.25) is 4.79 Å². The smallest absolute Gasteiger partial charge is 0.243 e. The number of amides is 1. The zero-order valence-corrected chi connectivity index (χ0v) is 15.3. The average Bonchev–Trinajstić information content (AvgIpc) is 2.61. The second kappa shape index (κ2) is 7.41. The largest absolute Gasteiger partial charge is 0.338 e. The summed E-state index contributed by atoms with van der Waals surface area (Å²) in [6.07, 6.45) is 6.69. The van der Waals surface area contributed by atoms with Gasteiger partial charge in [-0.1, -0.05) is 12.8 Å². The van der Waals surface area contributed by atoms with E-state index in [1.165, 1.54) is 25.6 Å². The number of sulfonamides is 1. The Morgan fingerprint density at radius 1 is 1.16 bits per heavy atom. The number of likely N-dealkylation sites (tertiary alicyclic amines) is 1. The van der Waals surface area contributed by atoms with E-state index in [-0.39, 0.29) is 23.4 Å². The maximum absolute atomic E-state index is 13.0. The van der Waals surface area contributed by atoms with Crippen molar-refractivity contribution in [3.63, 3.8) is 0 Å². The molecule has 2 fully saturated rings. The number of fused-ring (bicyclic) bond motifs is 1. The lowest BCUT2D eigenvalue weighted by Gasteiger charge is -2.44. The van der Waals surface area contributed by atoms with Crippen molar-refractivity contribution in [1.82, 2.24) is 9.21 Å². The van der Waals surface area contributed by atoms with Crippen molar-refractivity contribution < 1.29 is 17.6 Å². The summed E-state index contributed by atoms with van der Waals surface area (Å²) in [6, 6.07) is 4.93. The second-order valence-electron chi connectivity index (χ2n) is 7.06. The van der Waals surface area contributed by atoms with Gasteiger partial charge in [0.1, 0.15) is 5.82 Å². The zero-order valence-electron chi connectivity index (χ0n) is 14.5. The topological polar surface area (TPSA) is 57.7 Å². The van der Waals surface area contributed by atoms with Gasteiger partial charge in [0, 0.05) is 19.6 Å². The van der Waals surface area contributed by atoms with Gasteiger partial charge in [0.15, 0.2) is 0 Å². The Morgan fingerprint density at radius 2 is 1.80 bits per heavy atom. The highest BCUT2D eigenvalue weighted by molar-refractivity contribution is 7.89. The van der Waals surface area contributed by atoms with Crippen LogP contribution >= 0.6 is 0 Å². The summed E-state index contributed by atoms with van der Waals surface area (Å²) in [5.74, 6) is -0.0652. The first-order chi connectivity index (χ1) is 11.9. The highest BCUT2D eigenvalue weighted by atomic mass is 32.2. The molecule has 1 aromatic carbocycles. The zero-order chi connectivity index (χ0) is 18.0. The molecule has 3 rings (SSSR count). The summed E-state index contributed by atoms with van der Waals surface area (Å²) in [4.78, 5) is 14.6. The Hall–Kier alpha value is -1.47. The minimum atomic E-state index is -3.80. The monoisotopic (exact) mass is 368 g/mol. The molecule has 138 valence electrons. The predicted molar refractivity (Wildman–Crippen MR) is 92.9 cm³/mol. The van der Waals surface area contributed by atoms with E-state index in [0.29, 0.717) is 12.5 Å². The Balaban J connectivity index is 1.70. The van der Waals surface area contributed by atoms with Crippen molar-refractivity contribution in [2.45, 2.75) is 49.5 Å². The standard InChI is InChI=1S/C18H25FN2O3S/c1-20(25(23,24)16-10-8-15(19)9-11-16)13-18(22)21-12-4-6-14-5-2-3-7-17(14)21/h8-11,14,17H,2-7,12-13H2,1H3. The number of piperidine rings is 1. The van der Waals surface area contributed by atoms with Crippen molar-refractivity contribution in [2.24, 2.45) is 5.92 Å². The predicted octanol–water partition coefficient (Wildman–Crippen LogP) is 2.63. The van der Waals surface area contributed by atoms with Gasteiger partial charge in [-0.2, -0.15) is 4.31 Å². The molecule has 1 saturated carbocycles. The number of carbonyl (C=O) groups is 1. The quantitative estimate of drug-likeness (QED) is 0.821. The van der Waals surface area contributed by atoms with E-state index in [4.69, 9.17) is 0 Å². The van der Waals surface area contributed by atoms with Crippen molar-refractivity contribution in [1.29, 1.82) is 0 Å². The van der Waals surface area contributed by atoms with Crippen molar-refractivity contribution >= 4 is 15.9 Å². The summed E-state index contributed by atoms with van der Waals surface area (Å²) >= 11 is 0. The molecular weight excluding hydrogens is 343 g/mol. The number of likely N-dealkylation sites (N-methyl/N-ethyl adjacent to an activating group) is 1. The van der Waals surface area contributed by atoms with E-state index >= 15 is 0 Å². The molecule has 1 aliphatic carbocycles. The highest BCUT2D eigenvalue weighted by Gasteiger charge is 2.36. The van der Waals surface area contributed by atoms with Crippen LogP contribution in [0.15, 0.2) is 29.2 Å². The number of nitrogens with zero attached hydrogens (tertiary/aromatic N) is 2. The molecule has 1 heterocycles. The number of halogens is 1. The van der Waals surface area contributed by atoms with Gasteiger partial charge in [0.25, 0.3) is 0 Å². The van der Waals surface area contributed by atoms with Crippen LogP contribution in [0.25, 0.3) is 0 Å². The maximum atomic E-state index is 13.0. The fraction of sp³-hybridized carbons (Fsp3) is 0.611. The lowest BCUT2D eigenvalue weighted by molar-refractivity contribution is -0.137. The van der Waals surface area contributed by atoms with E-state index in [1.807, 2.05) is 4.90 Å². The fourth-order valence-corrected chi connectivity index (χ4v) is 5.21. The van der Waals surface area contributed by atoms with Crippen LogP contribution in [0.5, 0.6) is 0 Å². The Morgan fingerprint density at radius 3 is 2.52 bits per heavy atom. The van der Waals surface area contributed by atoms with E-state index in [1.54, 1.807) is 0 Å². The first-order valence-electron chi connectivity index (χ1n) is 8.91. The van der Waals surface area contributed by atoms with Gasteiger partial charge in [-0.15, -0.1) is 0 Å². The van der Waals surface area contributed by atoms with Gasteiger partial charge in [-0.25, -0.2) is 12.8 Å². The first-order valence-corrected chi connectivity index (χ1v) is 10.3. The third kappa shape index (κ3) is 3.87. The number of hydrogen-bond donors (Lipinski definition) is 0. The molecule has 0 aromatic heterocycles. The molecule has 25 heavy (non-hydrogen) atoms. The van der Waals surface area contributed by atoms with E-state index in [0.717, 1.165) is 48.5 Å². The maximum Gasteiger partial charge on any atom is 0.243 e. The average molecular weight is 368 g/mol. The molecule has 1 aromatic rings. The van der Waals surface area contributed by atoms with Gasteiger partial charge in [0.05, 0.1) is 11.4 Å². The van der Waals surface area contributed by atoms with E-state index in [9.17, 15) is 17.6 Å². The molecule has 2 unspecified atom stereocenters. The third-order valence-electron chi connectivity index (χ3n) is 5.44. The van der Waals surface area contributed by atoms with Gasteiger partial charge < -0.3 is 4.90 Å². The van der Waals surface area contributed by atoms with Crippen LogP contribution in [-0.4, -0.2) is 49.7 Å². The number of rotatable bonds is 4. The normalized spacial score (nSPS) is 24.2. The summed E-state index contributed by atoms with van der Waals surface area (Å²) < 4.78 is 39.2. The number of carbonyl (C=O) groups excluding carboxylic acids is 1. The molecule has 2 aliphatic rings. The molecule has 0 bridgehead atoms. The Bertz CT molecular complexity index is 718. The summed E-state index contributed by atoms with van der Waals surface area (Å²) in [5.41, 5.74) is 0. The summed E-state index contributed by atoms with van der Waals surface area (Å²) in [7, 11) is -2.40. The number of benzene rings is 1. The van der Waals surface area contributed by atoms with Crippen LogP contribution in [0.3, 0.4) is 0 Å². The molecule has 5 nitrogen and oxygen atoms in total. The Labute approximate surface area is 148 Å². The molecule has 1 saturated heterocycles. The van der Waals surface area contributed by atoms with Crippen LogP contribution in [0, 0.1) is 11.7 Å². The van der Waals surface area contributed by atoms with Crippen LogP contribution in [0.4, 0.5) is 4.39 Å². The fourth-order valence-electron chi connectivity index (χ4n) is 4.09. The second-order valence-corrected chi connectivity index (χ2v) is 9.10. The van der Waals surface area contributed by atoms with Crippen molar-refractivity contribution in [3.8, 4) is 0 Å². The minimum Gasteiger partial charge on any atom is -0.338 e. The molecular formula is C18H25FN2O3S. The summed E-state index contributed by atoms with van der Waals surface area (Å²) in [5, 5.41) is 0. The van der Waals surface area contributed by atoms with Gasteiger partial charge in [0.2, 0.25) is 15.9 Å². The molecule has 1 amide bonds. The van der Waals surface area contributed by atoms with Crippen molar-refractivity contribution in [3.05, 3.63) is 30.1 Å². The Kier molecular flexibility index (Phi) is 5.43. The SMILES string of the molecule is CN(CC(=O)N1CCCC2CCCCC21)S(=O)(=O)c1ccc(F)cc1. The lowest BCUT2D eigenvalue weighted by Crippen LogP contribution is -2.52. The van der Waals surface area contributed by atoms with Crippen molar-refractivity contribution in [2.75, 3.05) is 20.1 Å². The molecule has 0 spiro atoms. The molecule has 7 heteroatoms. The molecule has 0 radical (unpaired) electrons. The van der Waals surface area contributed by atoms with E-state index in [2.05, 4.69) is 0 Å². The lowest BCUT2D eigenvalue weighted by atomic mass is 9.78. The number of hydrogen-bond acceptors (Lipinski definition) is 3. The first kappa shape index (κ1) is 18.3. The van der Waals surface area contributed by atoms with E-state index < -0.39 is 15.8 Å².